The number of aromatic nitrogens is 4. The van der Waals surface area contributed by atoms with Gasteiger partial charge in [0.25, 0.3) is 0 Å². The molecule has 226 valence electrons. The number of hydrogen-bond donors (Lipinski definition) is 3. The zero-order chi connectivity index (χ0) is 29.9. The monoisotopic (exact) mass is 618 g/mol. The topological polar surface area (TPSA) is 135 Å². The van der Waals surface area contributed by atoms with Crippen LogP contribution >= 0.6 is 23.2 Å². The Morgan fingerprint density at radius 3 is 2.60 bits per heavy atom. The minimum Gasteiger partial charge on any atom is -0.476 e. The second-order valence-corrected chi connectivity index (χ2v) is 12.5. The molecular weight excluding hydrogens is 583 g/mol. The number of urea groups is 1. The number of anilines is 2. The number of rotatable bonds is 10. The summed E-state index contributed by atoms with van der Waals surface area (Å²) in [6.07, 6.45) is 7.32. The molecule has 14 heteroatoms. The molecular formula is C28H36Cl2N8O4. The normalized spacial score (nSPS) is 17.3. The summed E-state index contributed by atoms with van der Waals surface area (Å²) >= 11 is 12.3. The number of fused-ring (bicyclic) bond motifs is 1. The van der Waals surface area contributed by atoms with Gasteiger partial charge in [-0.15, -0.1) is 0 Å². The highest BCUT2D eigenvalue weighted by molar-refractivity contribution is 6.31. The predicted molar refractivity (Wildman–Crippen MR) is 161 cm³/mol. The fourth-order valence-corrected chi connectivity index (χ4v) is 5.24. The SMILES string of the molecule is CC(C)(C)OC(=O)N[C@@H]1CCN(CCCCOc2ncc(Cl)cc2NC(=O)Nc2cnc3cc(Cl)nn3c2C2CC2)C1. The molecule has 0 bridgehead atoms. The molecule has 0 unspecified atom stereocenters. The number of pyridine rings is 1. The van der Waals surface area contributed by atoms with Gasteiger partial charge in [0.05, 0.1) is 29.2 Å². The van der Waals surface area contributed by atoms with Gasteiger partial charge in [0.2, 0.25) is 5.88 Å². The molecule has 1 aliphatic carbocycles. The van der Waals surface area contributed by atoms with Gasteiger partial charge in [0.1, 0.15) is 11.3 Å². The van der Waals surface area contributed by atoms with Crippen molar-refractivity contribution in [3.8, 4) is 5.88 Å². The number of ether oxygens (including phenoxy) is 2. The lowest BCUT2D eigenvalue weighted by Crippen LogP contribution is -2.40. The third-order valence-corrected chi connectivity index (χ3v) is 7.26. The Hall–Kier alpha value is -3.35. The average Bonchev–Trinajstić information content (AvgIpc) is 3.52. The summed E-state index contributed by atoms with van der Waals surface area (Å²) in [5.41, 5.74) is 1.91. The van der Waals surface area contributed by atoms with E-state index in [2.05, 4.69) is 35.9 Å². The molecule has 4 heterocycles. The number of hydrogen-bond acceptors (Lipinski definition) is 8. The molecule has 5 rings (SSSR count). The molecule has 2 fully saturated rings. The van der Waals surface area contributed by atoms with Crippen LogP contribution in [0.5, 0.6) is 5.88 Å². The minimum atomic E-state index is -0.512. The van der Waals surface area contributed by atoms with Crippen molar-refractivity contribution in [2.24, 2.45) is 0 Å². The average molecular weight is 620 g/mol. The highest BCUT2D eigenvalue weighted by Crippen LogP contribution is 2.43. The van der Waals surface area contributed by atoms with E-state index in [-0.39, 0.29) is 23.9 Å². The zero-order valence-electron chi connectivity index (χ0n) is 24.0. The standard InChI is InChI=1S/C28H36Cl2N8O4/c1-28(2,3)42-27(40)33-19-8-10-37(16-19)9-4-5-11-41-25-20(12-18(29)14-32-25)34-26(39)35-21-15-31-23-13-22(30)36-38(23)24(21)17-6-7-17/h12-15,17,19H,4-11,16H2,1-3H3,(H,33,40)(H2,34,35,39)/t19-/m1/s1. The summed E-state index contributed by atoms with van der Waals surface area (Å²) in [4.78, 5) is 36.0. The fraction of sp³-hybridized carbons (Fsp3) is 0.536. The van der Waals surface area contributed by atoms with E-state index < -0.39 is 11.6 Å². The van der Waals surface area contributed by atoms with E-state index in [4.69, 9.17) is 32.7 Å². The molecule has 3 N–H and O–H groups in total. The molecule has 42 heavy (non-hydrogen) atoms. The first-order valence-corrected chi connectivity index (χ1v) is 14.9. The number of amides is 3. The van der Waals surface area contributed by atoms with Gasteiger partial charge in [0.15, 0.2) is 10.8 Å². The molecule has 3 amide bonds. The molecule has 2 aliphatic rings. The van der Waals surface area contributed by atoms with E-state index >= 15 is 0 Å². The van der Waals surface area contributed by atoms with Crippen LogP contribution in [-0.2, 0) is 4.74 Å². The van der Waals surface area contributed by atoms with Gasteiger partial charge in [-0.1, -0.05) is 23.2 Å². The second kappa shape index (κ2) is 12.9. The molecule has 0 spiro atoms. The third-order valence-electron chi connectivity index (χ3n) is 6.87. The molecule has 3 aromatic heterocycles. The molecule has 1 saturated heterocycles. The Bertz CT molecular complexity index is 1440. The van der Waals surface area contributed by atoms with Gasteiger partial charge < -0.3 is 30.3 Å². The number of carbonyl (C=O) groups is 2. The highest BCUT2D eigenvalue weighted by Gasteiger charge is 2.31. The molecule has 1 saturated carbocycles. The van der Waals surface area contributed by atoms with Crippen LogP contribution < -0.4 is 20.7 Å². The van der Waals surface area contributed by atoms with Crippen molar-refractivity contribution in [3.05, 3.63) is 40.4 Å². The minimum absolute atomic E-state index is 0.0875. The maximum Gasteiger partial charge on any atom is 0.407 e. The Balaban J connectivity index is 1.09. The largest absolute Gasteiger partial charge is 0.476 e. The highest BCUT2D eigenvalue weighted by atomic mass is 35.5. The lowest BCUT2D eigenvalue weighted by Gasteiger charge is -2.22. The van der Waals surface area contributed by atoms with Crippen LogP contribution in [0, 0.1) is 0 Å². The number of carbonyl (C=O) groups excluding carboxylic acids is 2. The molecule has 0 radical (unpaired) electrons. The lowest BCUT2D eigenvalue weighted by atomic mass is 10.2. The number of unbranched alkanes of at least 4 members (excludes halogenated alkanes) is 1. The van der Waals surface area contributed by atoms with Crippen molar-refractivity contribution in [1.82, 2.24) is 29.8 Å². The Morgan fingerprint density at radius 1 is 1.05 bits per heavy atom. The van der Waals surface area contributed by atoms with Gasteiger partial charge in [-0.2, -0.15) is 5.10 Å². The molecule has 1 atom stereocenters. The van der Waals surface area contributed by atoms with E-state index in [1.54, 1.807) is 22.8 Å². The number of nitrogens with zero attached hydrogens (tertiary/aromatic N) is 5. The van der Waals surface area contributed by atoms with Crippen molar-refractivity contribution >= 4 is 52.3 Å². The van der Waals surface area contributed by atoms with Gasteiger partial charge >= 0.3 is 12.1 Å². The fourth-order valence-electron chi connectivity index (χ4n) is 4.91. The Morgan fingerprint density at radius 2 is 1.83 bits per heavy atom. The maximum atomic E-state index is 13.0. The lowest BCUT2D eigenvalue weighted by molar-refractivity contribution is 0.0506. The van der Waals surface area contributed by atoms with Crippen LogP contribution in [-0.4, -0.2) is 74.5 Å². The van der Waals surface area contributed by atoms with Crippen molar-refractivity contribution in [3.63, 3.8) is 0 Å². The predicted octanol–water partition coefficient (Wildman–Crippen LogP) is 5.71. The Labute approximate surface area is 254 Å². The number of nitrogens with one attached hydrogen (secondary N) is 3. The Kier molecular flexibility index (Phi) is 9.24. The van der Waals surface area contributed by atoms with Crippen LogP contribution in [0.1, 0.15) is 64.5 Å². The number of halogens is 2. The number of alkyl carbamates (subject to hydrolysis) is 1. The maximum absolute atomic E-state index is 13.0. The van der Waals surface area contributed by atoms with Crippen LogP contribution in [0.2, 0.25) is 10.2 Å². The first-order valence-electron chi connectivity index (χ1n) is 14.2. The van der Waals surface area contributed by atoms with Gasteiger partial charge in [-0.05, 0) is 65.5 Å². The first kappa shape index (κ1) is 30.1. The zero-order valence-corrected chi connectivity index (χ0v) is 25.5. The second-order valence-electron chi connectivity index (χ2n) is 11.6. The van der Waals surface area contributed by atoms with Crippen molar-refractivity contribution < 1.29 is 19.1 Å². The van der Waals surface area contributed by atoms with Gasteiger partial charge in [-0.25, -0.2) is 24.1 Å². The summed E-state index contributed by atoms with van der Waals surface area (Å²) in [5.74, 6) is 0.563. The molecule has 0 aromatic carbocycles. The van der Waals surface area contributed by atoms with Crippen molar-refractivity contribution in [1.29, 1.82) is 0 Å². The molecule has 3 aromatic rings. The van der Waals surface area contributed by atoms with Crippen molar-refractivity contribution in [2.45, 2.75) is 70.4 Å². The van der Waals surface area contributed by atoms with Crippen molar-refractivity contribution in [2.75, 3.05) is 36.9 Å². The van der Waals surface area contributed by atoms with Crippen LogP contribution in [0.25, 0.3) is 5.65 Å². The van der Waals surface area contributed by atoms with Gasteiger partial charge in [-0.3, -0.25) is 0 Å². The summed E-state index contributed by atoms with van der Waals surface area (Å²) in [7, 11) is 0. The quantitative estimate of drug-likeness (QED) is 0.246. The number of likely N-dealkylation sites (tertiary alicyclic amines) is 1. The van der Waals surface area contributed by atoms with E-state index in [9.17, 15) is 9.59 Å². The molecule has 12 nitrogen and oxygen atoms in total. The van der Waals surface area contributed by atoms with E-state index in [0.29, 0.717) is 33.8 Å². The first-order chi connectivity index (χ1) is 20.0. The summed E-state index contributed by atoms with van der Waals surface area (Å²) in [5, 5.41) is 13.7. The summed E-state index contributed by atoms with van der Waals surface area (Å²) in [6, 6.07) is 2.89. The smallest absolute Gasteiger partial charge is 0.407 e. The van der Waals surface area contributed by atoms with Crippen LogP contribution in [0.3, 0.4) is 0 Å². The van der Waals surface area contributed by atoms with Crippen LogP contribution in [0.15, 0.2) is 24.5 Å². The summed E-state index contributed by atoms with van der Waals surface area (Å²) < 4.78 is 13.0. The molecule has 1 aliphatic heterocycles. The third kappa shape index (κ3) is 8.14. The van der Waals surface area contributed by atoms with E-state index in [1.165, 1.54) is 6.20 Å². The van der Waals surface area contributed by atoms with Crippen LogP contribution in [0.4, 0.5) is 21.0 Å². The van der Waals surface area contributed by atoms with Gasteiger partial charge in [0, 0.05) is 37.3 Å². The van der Waals surface area contributed by atoms with E-state index in [0.717, 1.165) is 57.4 Å². The summed E-state index contributed by atoms with van der Waals surface area (Å²) in [6.45, 7) is 8.58. The van der Waals surface area contributed by atoms with E-state index in [1.807, 2.05) is 20.8 Å².